The van der Waals surface area contributed by atoms with E-state index in [1.165, 1.54) is 5.56 Å². The number of thioether (sulfide) groups is 1. The van der Waals surface area contributed by atoms with E-state index >= 15 is 0 Å². The summed E-state index contributed by atoms with van der Waals surface area (Å²) in [5.74, 6) is 0.780. The molecule has 1 aliphatic rings. The van der Waals surface area contributed by atoms with Gasteiger partial charge in [0.15, 0.2) is 0 Å². The second-order valence-electron chi connectivity index (χ2n) is 4.74. The van der Waals surface area contributed by atoms with Crippen LogP contribution in [0.4, 0.5) is 0 Å². The molecule has 0 saturated carbocycles. The van der Waals surface area contributed by atoms with Gasteiger partial charge in [-0.2, -0.15) is 0 Å². The minimum Gasteiger partial charge on any atom is -0.337 e. The number of rotatable bonds is 3. The molecule has 1 aromatic rings. The first kappa shape index (κ1) is 16.3. The minimum atomic E-state index is 0. The molecule has 1 heterocycles. The summed E-state index contributed by atoms with van der Waals surface area (Å²) in [6.45, 7) is 6.81. The molecule has 19 heavy (non-hydrogen) atoms. The third-order valence-corrected chi connectivity index (χ3v) is 4.20. The molecule has 106 valence electrons. The molecule has 1 aromatic carbocycles. The van der Waals surface area contributed by atoms with E-state index < -0.39 is 0 Å². The first-order valence-corrected chi connectivity index (χ1v) is 7.35. The summed E-state index contributed by atoms with van der Waals surface area (Å²) in [6, 6.07) is 8.63. The molecular formula is C14H21ClN2OS. The molecule has 1 amide bonds. The van der Waals surface area contributed by atoms with Crippen molar-refractivity contribution in [1.82, 2.24) is 10.2 Å². The SMILES string of the molecule is Cc1ccc(SCC(=O)N2CCNCC2C)cc1.Cl. The normalized spacial score (nSPS) is 18.8. The van der Waals surface area contributed by atoms with Gasteiger partial charge in [-0.25, -0.2) is 0 Å². The quantitative estimate of drug-likeness (QED) is 0.870. The summed E-state index contributed by atoms with van der Waals surface area (Å²) in [5.41, 5.74) is 1.25. The zero-order valence-corrected chi connectivity index (χ0v) is 13.0. The minimum absolute atomic E-state index is 0. The van der Waals surface area contributed by atoms with E-state index in [-0.39, 0.29) is 18.3 Å². The number of piperazine rings is 1. The van der Waals surface area contributed by atoms with E-state index in [1.807, 2.05) is 4.90 Å². The Labute approximate surface area is 125 Å². The summed E-state index contributed by atoms with van der Waals surface area (Å²) in [4.78, 5) is 15.3. The van der Waals surface area contributed by atoms with Crippen molar-refractivity contribution in [3.8, 4) is 0 Å². The van der Waals surface area contributed by atoms with E-state index in [0.717, 1.165) is 24.5 Å². The van der Waals surface area contributed by atoms with Crippen molar-refractivity contribution < 1.29 is 4.79 Å². The Bertz CT molecular complexity index is 410. The fourth-order valence-corrected chi connectivity index (χ4v) is 2.86. The lowest BCUT2D eigenvalue weighted by molar-refractivity contribution is -0.131. The van der Waals surface area contributed by atoms with Crippen molar-refractivity contribution in [2.75, 3.05) is 25.4 Å². The Kier molecular flexibility index (Phi) is 6.69. The second-order valence-corrected chi connectivity index (χ2v) is 5.79. The van der Waals surface area contributed by atoms with E-state index in [1.54, 1.807) is 11.8 Å². The Balaban J connectivity index is 0.00000180. The molecule has 1 N–H and O–H groups in total. The molecule has 1 unspecified atom stereocenters. The van der Waals surface area contributed by atoms with Crippen LogP contribution in [0.15, 0.2) is 29.2 Å². The highest BCUT2D eigenvalue weighted by Crippen LogP contribution is 2.19. The van der Waals surface area contributed by atoms with Gasteiger partial charge in [0.2, 0.25) is 5.91 Å². The Morgan fingerprint density at radius 2 is 2.11 bits per heavy atom. The van der Waals surface area contributed by atoms with E-state index in [4.69, 9.17) is 0 Å². The topological polar surface area (TPSA) is 32.3 Å². The Morgan fingerprint density at radius 3 is 2.74 bits per heavy atom. The van der Waals surface area contributed by atoms with Crippen molar-refractivity contribution in [3.05, 3.63) is 29.8 Å². The van der Waals surface area contributed by atoms with Crippen LogP contribution in [-0.4, -0.2) is 42.2 Å². The molecule has 3 nitrogen and oxygen atoms in total. The van der Waals surface area contributed by atoms with E-state index in [9.17, 15) is 4.79 Å². The van der Waals surface area contributed by atoms with Gasteiger partial charge >= 0.3 is 0 Å². The lowest BCUT2D eigenvalue weighted by Gasteiger charge is -2.33. The zero-order chi connectivity index (χ0) is 13.0. The van der Waals surface area contributed by atoms with Crippen molar-refractivity contribution >= 4 is 30.1 Å². The molecule has 1 atom stereocenters. The molecule has 0 spiro atoms. The summed E-state index contributed by atoms with van der Waals surface area (Å²) in [5, 5.41) is 3.30. The molecular weight excluding hydrogens is 280 g/mol. The number of benzene rings is 1. The number of nitrogens with one attached hydrogen (secondary N) is 1. The maximum Gasteiger partial charge on any atom is 0.233 e. The largest absolute Gasteiger partial charge is 0.337 e. The molecule has 1 aliphatic heterocycles. The standard InChI is InChI=1S/C14H20N2OS.ClH/c1-11-3-5-13(6-4-11)18-10-14(17)16-8-7-15-9-12(16)2;/h3-6,12,15H,7-10H2,1-2H3;1H. The lowest BCUT2D eigenvalue weighted by Crippen LogP contribution is -2.52. The Morgan fingerprint density at radius 1 is 1.42 bits per heavy atom. The van der Waals surface area contributed by atoms with Crippen LogP contribution < -0.4 is 5.32 Å². The third-order valence-electron chi connectivity index (χ3n) is 3.20. The van der Waals surface area contributed by atoms with Crippen LogP contribution in [-0.2, 0) is 4.79 Å². The molecule has 0 aromatic heterocycles. The van der Waals surface area contributed by atoms with E-state index in [2.05, 4.69) is 43.4 Å². The van der Waals surface area contributed by atoms with Crippen LogP contribution in [0.25, 0.3) is 0 Å². The van der Waals surface area contributed by atoms with Gasteiger partial charge in [-0.05, 0) is 26.0 Å². The molecule has 0 aliphatic carbocycles. The summed E-state index contributed by atoms with van der Waals surface area (Å²) in [7, 11) is 0. The average molecular weight is 301 g/mol. The zero-order valence-electron chi connectivity index (χ0n) is 11.4. The molecule has 1 saturated heterocycles. The lowest BCUT2D eigenvalue weighted by atomic mass is 10.2. The van der Waals surface area contributed by atoms with Gasteiger partial charge in [0.25, 0.3) is 0 Å². The van der Waals surface area contributed by atoms with Crippen LogP contribution in [0.2, 0.25) is 0 Å². The second kappa shape index (κ2) is 7.78. The van der Waals surface area contributed by atoms with Crippen molar-refractivity contribution in [3.63, 3.8) is 0 Å². The van der Waals surface area contributed by atoms with Gasteiger partial charge in [0.1, 0.15) is 0 Å². The predicted octanol–water partition coefficient (Wildman–Crippen LogP) is 2.33. The predicted molar refractivity (Wildman–Crippen MR) is 83.2 cm³/mol. The number of hydrogen-bond donors (Lipinski definition) is 1. The highest BCUT2D eigenvalue weighted by molar-refractivity contribution is 8.00. The van der Waals surface area contributed by atoms with Gasteiger partial charge in [-0.15, -0.1) is 24.2 Å². The van der Waals surface area contributed by atoms with Crippen molar-refractivity contribution in [2.24, 2.45) is 0 Å². The summed E-state index contributed by atoms with van der Waals surface area (Å²) < 4.78 is 0. The highest BCUT2D eigenvalue weighted by atomic mass is 35.5. The maximum atomic E-state index is 12.1. The van der Waals surface area contributed by atoms with Gasteiger partial charge in [-0.3, -0.25) is 4.79 Å². The highest BCUT2D eigenvalue weighted by Gasteiger charge is 2.22. The fourth-order valence-electron chi connectivity index (χ4n) is 2.07. The van der Waals surface area contributed by atoms with Crippen LogP contribution in [0.1, 0.15) is 12.5 Å². The van der Waals surface area contributed by atoms with E-state index in [0.29, 0.717) is 11.8 Å². The molecule has 0 radical (unpaired) electrons. The summed E-state index contributed by atoms with van der Waals surface area (Å²) >= 11 is 1.62. The summed E-state index contributed by atoms with van der Waals surface area (Å²) in [6.07, 6.45) is 0. The van der Waals surface area contributed by atoms with Crippen molar-refractivity contribution in [1.29, 1.82) is 0 Å². The maximum absolute atomic E-state index is 12.1. The first-order valence-electron chi connectivity index (χ1n) is 6.36. The number of hydrogen-bond acceptors (Lipinski definition) is 3. The fraction of sp³-hybridized carbons (Fsp3) is 0.500. The molecule has 2 rings (SSSR count). The molecule has 0 bridgehead atoms. The number of carbonyl (C=O) groups is 1. The smallest absolute Gasteiger partial charge is 0.233 e. The third kappa shape index (κ3) is 4.71. The number of carbonyl (C=O) groups excluding carboxylic acids is 1. The van der Waals surface area contributed by atoms with Crippen LogP contribution in [0, 0.1) is 6.92 Å². The van der Waals surface area contributed by atoms with Crippen molar-refractivity contribution in [2.45, 2.75) is 24.8 Å². The number of nitrogens with zero attached hydrogens (tertiary/aromatic N) is 1. The van der Waals surface area contributed by atoms with Crippen LogP contribution >= 0.6 is 24.2 Å². The number of halogens is 1. The Hall–Kier alpha value is -0.710. The number of aryl methyl sites for hydroxylation is 1. The first-order chi connectivity index (χ1) is 8.66. The van der Waals surface area contributed by atoms with Gasteiger partial charge in [-0.1, -0.05) is 17.7 Å². The average Bonchev–Trinajstić information content (AvgIpc) is 2.38. The van der Waals surface area contributed by atoms with Crippen LogP contribution in [0.5, 0.6) is 0 Å². The molecule has 1 fully saturated rings. The molecule has 5 heteroatoms. The number of amides is 1. The van der Waals surface area contributed by atoms with Gasteiger partial charge < -0.3 is 10.2 Å². The van der Waals surface area contributed by atoms with Crippen LogP contribution in [0.3, 0.4) is 0 Å². The van der Waals surface area contributed by atoms with Gasteiger partial charge in [0, 0.05) is 30.6 Å². The van der Waals surface area contributed by atoms with Gasteiger partial charge in [0.05, 0.1) is 5.75 Å². The monoisotopic (exact) mass is 300 g/mol.